The van der Waals surface area contributed by atoms with Gasteiger partial charge in [-0.25, -0.2) is 0 Å². The minimum Gasteiger partial charge on any atom is -0.466 e. The average Bonchev–Trinajstić information content (AvgIpc) is 3.20. The van der Waals surface area contributed by atoms with Gasteiger partial charge in [0.1, 0.15) is 19.8 Å². The molecular weight excluding hydrogens is 744 g/mol. The maximum Gasteiger partial charge on any atom is 0.305 e. The van der Waals surface area contributed by atoms with Gasteiger partial charge in [-0.1, -0.05) is 26.2 Å². The fourth-order valence-corrected chi connectivity index (χ4v) is 5.44. The molecule has 0 fully saturated rings. The van der Waals surface area contributed by atoms with E-state index in [1.165, 1.54) is 0 Å². The van der Waals surface area contributed by atoms with Gasteiger partial charge in [-0.05, 0) is 103 Å². The summed E-state index contributed by atoms with van der Waals surface area (Å²) in [6.45, 7) is 2.61. The maximum atomic E-state index is 12.7. The van der Waals surface area contributed by atoms with Crippen molar-refractivity contribution in [1.29, 1.82) is 0 Å². The topological polar surface area (TPSA) is 218 Å². The van der Waals surface area contributed by atoms with Crippen molar-refractivity contribution >= 4 is 35.8 Å². The van der Waals surface area contributed by atoms with Crippen LogP contribution in [0.3, 0.4) is 0 Å². The number of aliphatic hydroxyl groups excluding tert-OH is 3. The zero-order valence-electron chi connectivity index (χ0n) is 34.8. The minimum atomic E-state index is -0.955. The van der Waals surface area contributed by atoms with Gasteiger partial charge in [0.2, 0.25) is 0 Å². The molecule has 0 aliphatic rings. The van der Waals surface area contributed by atoms with Crippen LogP contribution in [-0.2, 0) is 57.2 Å². The molecule has 0 aliphatic heterocycles. The van der Waals surface area contributed by atoms with Gasteiger partial charge in [-0.15, -0.1) is 0 Å². The van der Waals surface area contributed by atoms with E-state index >= 15 is 0 Å². The highest BCUT2D eigenvalue weighted by Crippen LogP contribution is 2.25. The number of rotatable bonds is 40. The Morgan fingerprint density at radius 1 is 0.333 bits per heavy atom. The smallest absolute Gasteiger partial charge is 0.305 e. The van der Waals surface area contributed by atoms with Crippen molar-refractivity contribution in [3.05, 3.63) is 0 Å². The number of ether oxygens (including phenoxy) is 6. The Hall–Kier alpha value is -3.30. The van der Waals surface area contributed by atoms with Crippen molar-refractivity contribution in [3.8, 4) is 0 Å². The van der Waals surface area contributed by atoms with Crippen molar-refractivity contribution in [1.82, 2.24) is 0 Å². The van der Waals surface area contributed by atoms with Crippen LogP contribution in [0, 0.1) is 5.41 Å². The van der Waals surface area contributed by atoms with E-state index in [4.69, 9.17) is 43.7 Å². The van der Waals surface area contributed by atoms with Crippen LogP contribution in [0.25, 0.3) is 0 Å². The molecule has 0 aromatic rings. The van der Waals surface area contributed by atoms with Gasteiger partial charge >= 0.3 is 35.8 Å². The van der Waals surface area contributed by atoms with Crippen LogP contribution in [0.15, 0.2) is 0 Å². The van der Waals surface area contributed by atoms with Crippen LogP contribution in [0.1, 0.15) is 167 Å². The highest BCUT2D eigenvalue weighted by molar-refractivity contribution is 5.71. The molecule has 332 valence electrons. The first-order valence-corrected chi connectivity index (χ1v) is 21.4. The largest absolute Gasteiger partial charge is 0.466 e. The number of hydrogen-bond acceptors (Lipinski definition) is 15. The van der Waals surface area contributed by atoms with Crippen LogP contribution in [0.5, 0.6) is 0 Å². The van der Waals surface area contributed by atoms with Crippen molar-refractivity contribution in [3.63, 3.8) is 0 Å². The molecule has 0 aromatic heterocycles. The third-order valence-corrected chi connectivity index (χ3v) is 9.35. The molecule has 0 saturated heterocycles. The van der Waals surface area contributed by atoms with Crippen molar-refractivity contribution < 1.29 is 72.5 Å². The summed E-state index contributed by atoms with van der Waals surface area (Å²) >= 11 is 0. The summed E-state index contributed by atoms with van der Waals surface area (Å²) in [6.07, 6.45) is 13.5. The molecule has 0 heterocycles. The Morgan fingerprint density at radius 2 is 0.561 bits per heavy atom. The predicted octanol–water partition coefficient (Wildman–Crippen LogP) is 5.98. The molecule has 0 atom stereocenters. The van der Waals surface area contributed by atoms with Crippen molar-refractivity contribution in [2.24, 2.45) is 5.41 Å². The third kappa shape index (κ3) is 34.5. The fraction of sp³-hybridized carbons (Fsp3) is 0.857. The van der Waals surface area contributed by atoms with Crippen LogP contribution in [0.2, 0.25) is 0 Å². The molecule has 0 amide bonds. The van der Waals surface area contributed by atoms with E-state index in [0.29, 0.717) is 122 Å². The molecule has 15 nitrogen and oxygen atoms in total. The van der Waals surface area contributed by atoms with Gasteiger partial charge in [0, 0.05) is 58.3 Å². The van der Waals surface area contributed by atoms with Gasteiger partial charge in [0.25, 0.3) is 0 Å². The number of unbranched alkanes of at least 4 members (excludes halogenated alkanes) is 12. The molecule has 0 bridgehead atoms. The summed E-state index contributed by atoms with van der Waals surface area (Å²) in [4.78, 5) is 73.4. The maximum absolute atomic E-state index is 12.7. The number of carbonyl (C=O) groups is 6. The fourth-order valence-electron chi connectivity index (χ4n) is 5.44. The van der Waals surface area contributed by atoms with Crippen molar-refractivity contribution in [2.45, 2.75) is 167 Å². The van der Waals surface area contributed by atoms with Gasteiger partial charge < -0.3 is 43.7 Å². The lowest BCUT2D eigenvalue weighted by molar-refractivity contribution is -0.163. The predicted molar refractivity (Wildman–Crippen MR) is 211 cm³/mol. The van der Waals surface area contributed by atoms with Crippen LogP contribution < -0.4 is 0 Å². The van der Waals surface area contributed by atoms with Gasteiger partial charge in [0.15, 0.2) is 0 Å². The van der Waals surface area contributed by atoms with E-state index in [1.54, 1.807) is 0 Å². The lowest BCUT2D eigenvalue weighted by Gasteiger charge is -2.31. The van der Waals surface area contributed by atoms with E-state index in [9.17, 15) is 28.8 Å². The molecule has 0 saturated carbocycles. The number of hydrogen-bond donors (Lipinski definition) is 3. The van der Waals surface area contributed by atoms with E-state index in [1.807, 2.05) is 6.92 Å². The second-order valence-electron chi connectivity index (χ2n) is 14.5. The summed E-state index contributed by atoms with van der Waals surface area (Å²) in [5, 5.41) is 26.5. The van der Waals surface area contributed by atoms with Gasteiger partial charge in [-0.3, -0.25) is 28.8 Å². The molecule has 0 rings (SSSR count). The van der Waals surface area contributed by atoms with Crippen LogP contribution in [-0.4, -0.2) is 111 Å². The number of esters is 6. The zero-order valence-corrected chi connectivity index (χ0v) is 34.8. The lowest BCUT2D eigenvalue weighted by atomic mass is 9.88. The van der Waals surface area contributed by atoms with E-state index in [0.717, 1.165) is 19.3 Å². The van der Waals surface area contributed by atoms with Crippen LogP contribution >= 0.6 is 0 Å². The highest BCUT2D eigenvalue weighted by Gasteiger charge is 2.34. The molecule has 57 heavy (non-hydrogen) atoms. The molecule has 0 unspecified atom stereocenters. The SMILES string of the molecule is CCC(COC(=O)CCCCCOC(=O)CCCCCO)(COC(=O)CCCCCOC(=O)CCCCCO)COC(=O)CCCCCOC(=O)CCCCCO. The standard InChI is InChI=1S/C42H74O15/c1-2-42(33-55-39(49)24-12-6-18-30-52-36(46)21-9-3-15-27-43,34-56-40(50)25-13-7-19-31-53-37(47)22-10-4-16-28-44)35-57-41(51)26-14-8-20-32-54-38(48)23-11-5-17-29-45/h43-45H,2-35H2,1H3. The Morgan fingerprint density at radius 3 is 0.789 bits per heavy atom. The Kier molecular flexibility index (Phi) is 36.0. The molecule has 0 aromatic carbocycles. The normalized spacial score (nSPS) is 11.2. The summed E-state index contributed by atoms with van der Waals surface area (Å²) in [5.74, 6) is -2.14. The van der Waals surface area contributed by atoms with E-state index < -0.39 is 23.3 Å². The summed E-state index contributed by atoms with van der Waals surface area (Å²) < 4.78 is 32.5. The summed E-state index contributed by atoms with van der Waals surface area (Å²) in [7, 11) is 0. The number of aliphatic hydroxyl groups is 3. The van der Waals surface area contributed by atoms with Crippen LogP contribution in [0.4, 0.5) is 0 Å². The first-order valence-electron chi connectivity index (χ1n) is 21.4. The van der Waals surface area contributed by atoms with Gasteiger partial charge in [-0.2, -0.15) is 0 Å². The molecule has 0 radical (unpaired) electrons. The van der Waals surface area contributed by atoms with Gasteiger partial charge in [0.05, 0.1) is 25.2 Å². The minimum absolute atomic E-state index is 0.106. The first kappa shape index (κ1) is 53.7. The second kappa shape index (κ2) is 38.2. The van der Waals surface area contributed by atoms with E-state index in [2.05, 4.69) is 0 Å². The molecule has 0 spiro atoms. The first-order chi connectivity index (χ1) is 27.6. The Bertz CT molecular complexity index is 938. The van der Waals surface area contributed by atoms with Crippen molar-refractivity contribution in [2.75, 3.05) is 59.5 Å². The number of carbonyl (C=O) groups excluding carboxylic acids is 6. The molecule has 0 aliphatic carbocycles. The second-order valence-corrected chi connectivity index (χ2v) is 14.5. The molecule has 3 N–H and O–H groups in total. The monoisotopic (exact) mass is 819 g/mol. The zero-order chi connectivity index (χ0) is 42.2. The van der Waals surface area contributed by atoms with E-state index in [-0.39, 0.29) is 96.6 Å². The average molecular weight is 819 g/mol. The third-order valence-electron chi connectivity index (χ3n) is 9.35. The summed E-state index contributed by atoms with van der Waals surface area (Å²) in [6, 6.07) is 0. The highest BCUT2D eigenvalue weighted by atomic mass is 16.6. The Balaban J connectivity index is 4.78. The summed E-state index contributed by atoms with van der Waals surface area (Å²) in [5.41, 5.74) is -0.955. The molecular formula is C42H74O15. The lowest BCUT2D eigenvalue weighted by Crippen LogP contribution is -2.39. The quantitative estimate of drug-likeness (QED) is 0.0368. The Labute approximate surface area is 340 Å². The molecule has 15 heteroatoms.